The van der Waals surface area contributed by atoms with E-state index < -0.39 is 17.7 Å². The molecule has 2 N–H and O–H groups in total. The molecule has 0 aliphatic heterocycles. The van der Waals surface area contributed by atoms with Gasteiger partial charge in [-0.3, -0.25) is 4.79 Å². The van der Waals surface area contributed by atoms with Crippen molar-refractivity contribution < 1.29 is 23.5 Å². The van der Waals surface area contributed by atoms with E-state index in [1.165, 1.54) is 24.5 Å². The zero-order valence-electron chi connectivity index (χ0n) is 10.6. The van der Waals surface area contributed by atoms with Gasteiger partial charge in [0.1, 0.15) is 11.6 Å². The number of hydrogen-bond donors (Lipinski definition) is 2. The van der Waals surface area contributed by atoms with Crippen LogP contribution in [-0.2, 0) is 6.42 Å². The van der Waals surface area contributed by atoms with E-state index in [-0.39, 0.29) is 11.3 Å². The Morgan fingerprint density at radius 3 is 2.70 bits per heavy atom. The third-order valence-corrected chi connectivity index (χ3v) is 2.78. The number of hydrogen-bond acceptors (Lipinski definition) is 3. The van der Waals surface area contributed by atoms with Gasteiger partial charge in [-0.05, 0) is 24.3 Å². The highest BCUT2D eigenvalue weighted by molar-refractivity contribution is 6.05. The number of carbonyl (C=O) groups is 2. The molecule has 1 amide bonds. The van der Waals surface area contributed by atoms with Crippen molar-refractivity contribution >= 4 is 17.6 Å². The summed E-state index contributed by atoms with van der Waals surface area (Å²) in [5.41, 5.74) is 0.0653. The number of halogens is 1. The Kier molecular flexibility index (Phi) is 3.84. The molecule has 2 rings (SSSR count). The summed E-state index contributed by atoms with van der Waals surface area (Å²) in [6.07, 6.45) is 1.92. The number of carboxylic acids is 1. The van der Waals surface area contributed by atoms with E-state index in [2.05, 4.69) is 5.32 Å². The molecule has 0 atom stereocenters. The zero-order chi connectivity index (χ0) is 14.7. The van der Waals surface area contributed by atoms with Gasteiger partial charge in [0.25, 0.3) is 5.91 Å². The first-order chi connectivity index (χ1) is 9.52. The number of carbonyl (C=O) groups excluding carboxylic acids is 1. The molecule has 1 heterocycles. The number of aryl methyl sites for hydroxylation is 1. The smallest absolute Gasteiger partial charge is 0.335 e. The number of anilines is 1. The van der Waals surface area contributed by atoms with Gasteiger partial charge in [0.15, 0.2) is 0 Å². The molecule has 0 unspecified atom stereocenters. The van der Waals surface area contributed by atoms with E-state index >= 15 is 0 Å². The number of amides is 1. The number of aromatic carboxylic acids is 1. The van der Waals surface area contributed by atoms with Gasteiger partial charge in [-0.15, -0.1) is 0 Å². The maximum atomic E-state index is 13.7. The molecule has 0 fully saturated rings. The van der Waals surface area contributed by atoms with Gasteiger partial charge in [-0.1, -0.05) is 6.92 Å². The summed E-state index contributed by atoms with van der Waals surface area (Å²) < 4.78 is 18.8. The molecule has 5 nitrogen and oxygen atoms in total. The fourth-order valence-corrected chi connectivity index (χ4v) is 1.76. The SMILES string of the molecule is CCc1occc1C(=O)Nc1ccc(C(=O)O)cc1F. The molecule has 0 saturated carbocycles. The molecule has 104 valence electrons. The normalized spacial score (nSPS) is 10.3. The van der Waals surface area contributed by atoms with Crippen LogP contribution in [0.1, 0.15) is 33.4 Å². The first-order valence-corrected chi connectivity index (χ1v) is 5.93. The van der Waals surface area contributed by atoms with Crippen LogP contribution in [0, 0.1) is 5.82 Å². The largest absolute Gasteiger partial charge is 0.478 e. The summed E-state index contributed by atoms with van der Waals surface area (Å²) >= 11 is 0. The first kappa shape index (κ1) is 13.8. The predicted octanol–water partition coefficient (Wildman–Crippen LogP) is 2.93. The van der Waals surface area contributed by atoms with Crippen LogP contribution in [-0.4, -0.2) is 17.0 Å². The maximum absolute atomic E-state index is 13.7. The number of rotatable bonds is 4. The van der Waals surface area contributed by atoms with E-state index in [0.717, 1.165) is 6.07 Å². The number of furan rings is 1. The molecule has 0 bridgehead atoms. The Balaban J connectivity index is 2.22. The van der Waals surface area contributed by atoms with Crippen LogP contribution in [0.5, 0.6) is 0 Å². The second-order valence-corrected chi connectivity index (χ2v) is 4.06. The second-order valence-electron chi connectivity index (χ2n) is 4.06. The van der Waals surface area contributed by atoms with Crippen LogP contribution in [0.3, 0.4) is 0 Å². The summed E-state index contributed by atoms with van der Waals surface area (Å²) in [5, 5.41) is 11.1. The minimum atomic E-state index is -1.23. The molecule has 0 radical (unpaired) electrons. The maximum Gasteiger partial charge on any atom is 0.335 e. The number of nitrogens with one attached hydrogen (secondary N) is 1. The highest BCUT2D eigenvalue weighted by Gasteiger charge is 2.16. The topological polar surface area (TPSA) is 79.5 Å². The lowest BCUT2D eigenvalue weighted by Crippen LogP contribution is -2.14. The van der Waals surface area contributed by atoms with E-state index in [1.54, 1.807) is 0 Å². The van der Waals surface area contributed by atoms with Crippen LogP contribution in [0.2, 0.25) is 0 Å². The van der Waals surface area contributed by atoms with E-state index in [4.69, 9.17) is 9.52 Å². The van der Waals surface area contributed by atoms with Gasteiger partial charge in [0.05, 0.1) is 23.1 Å². The summed E-state index contributed by atoms with van der Waals surface area (Å²) in [6.45, 7) is 1.83. The van der Waals surface area contributed by atoms with Crippen molar-refractivity contribution in [2.45, 2.75) is 13.3 Å². The van der Waals surface area contributed by atoms with Crippen LogP contribution in [0.15, 0.2) is 34.9 Å². The van der Waals surface area contributed by atoms with Crippen LogP contribution < -0.4 is 5.32 Å². The molecular weight excluding hydrogens is 265 g/mol. The minimum absolute atomic E-state index is 0.0803. The Morgan fingerprint density at radius 1 is 1.35 bits per heavy atom. The van der Waals surface area contributed by atoms with Crippen molar-refractivity contribution in [1.82, 2.24) is 0 Å². The van der Waals surface area contributed by atoms with Gasteiger partial charge in [-0.2, -0.15) is 0 Å². The highest BCUT2D eigenvalue weighted by Crippen LogP contribution is 2.18. The van der Waals surface area contributed by atoms with Crippen molar-refractivity contribution in [3.63, 3.8) is 0 Å². The van der Waals surface area contributed by atoms with Gasteiger partial charge < -0.3 is 14.8 Å². The Bertz CT molecular complexity index is 663. The first-order valence-electron chi connectivity index (χ1n) is 5.93. The van der Waals surface area contributed by atoms with Crippen molar-refractivity contribution in [2.75, 3.05) is 5.32 Å². The molecule has 0 saturated heterocycles. The van der Waals surface area contributed by atoms with Crippen molar-refractivity contribution in [3.8, 4) is 0 Å². The minimum Gasteiger partial charge on any atom is -0.478 e. The van der Waals surface area contributed by atoms with Gasteiger partial charge in [0.2, 0.25) is 0 Å². The molecule has 20 heavy (non-hydrogen) atoms. The third kappa shape index (κ3) is 2.69. The van der Waals surface area contributed by atoms with Crippen LogP contribution in [0.25, 0.3) is 0 Å². The summed E-state index contributed by atoms with van der Waals surface area (Å²) in [6, 6.07) is 4.78. The summed E-state index contributed by atoms with van der Waals surface area (Å²) in [5.74, 6) is -2.03. The summed E-state index contributed by atoms with van der Waals surface area (Å²) in [4.78, 5) is 22.7. The van der Waals surface area contributed by atoms with Crippen LogP contribution >= 0.6 is 0 Å². The lowest BCUT2D eigenvalue weighted by atomic mass is 10.1. The zero-order valence-corrected chi connectivity index (χ0v) is 10.6. The number of benzene rings is 1. The Morgan fingerprint density at radius 2 is 2.10 bits per heavy atom. The van der Waals surface area contributed by atoms with Gasteiger partial charge in [-0.25, -0.2) is 9.18 Å². The molecule has 6 heteroatoms. The molecule has 0 aliphatic carbocycles. The number of carboxylic acid groups (broad SMARTS) is 1. The molecule has 0 aliphatic rings. The van der Waals surface area contributed by atoms with E-state index in [0.29, 0.717) is 17.7 Å². The predicted molar refractivity (Wildman–Crippen MR) is 69.4 cm³/mol. The van der Waals surface area contributed by atoms with Crippen molar-refractivity contribution in [3.05, 3.63) is 53.2 Å². The summed E-state index contributed by atoms with van der Waals surface area (Å²) in [7, 11) is 0. The molecule has 0 spiro atoms. The highest BCUT2D eigenvalue weighted by atomic mass is 19.1. The fraction of sp³-hybridized carbons (Fsp3) is 0.143. The molecule has 1 aromatic carbocycles. The van der Waals surface area contributed by atoms with Crippen molar-refractivity contribution in [1.29, 1.82) is 0 Å². The lowest BCUT2D eigenvalue weighted by molar-refractivity contribution is 0.0696. The Hall–Kier alpha value is -2.63. The average Bonchev–Trinajstić information content (AvgIpc) is 2.89. The van der Waals surface area contributed by atoms with Crippen LogP contribution in [0.4, 0.5) is 10.1 Å². The molecule has 2 aromatic rings. The standard InChI is InChI=1S/C14H12FNO4/c1-2-12-9(5-6-20-12)13(17)16-11-4-3-8(14(18)19)7-10(11)15/h3-7H,2H2,1H3,(H,16,17)(H,18,19). The average molecular weight is 277 g/mol. The monoisotopic (exact) mass is 277 g/mol. The molecular formula is C14H12FNO4. The fourth-order valence-electron chi connectivity index (χ4n) is 1.76. The second kappa shape index (κ2) is 5.56. The van der Waals surface area contributed by atoms with Crippen molar-refractivity contribution in [2.24, 2.45) is 0 Å². The molecule has 1 aromatic heterocycles. The van der Waals surface area contributed by atoms with E-state index in [1.807, 2.05) is 6.92 Å². The van der Waals surface area contributed by atoms with E-state index in [9.17, 15) is 14.0 Å². The Labute approximate surface area is 114 Å². The van der Waals surface area contributed by atoms with Gasteiger partial charge >= 0.3 is 5.97 Å². The third-order valence-electron chi connectivity index (χ3n) is 2.78. The van der Waals surface area contributed by atoms with Gasteiger partial charge in [0, 0.05) is 6.42 Å². The quantitative estimate of drug-likeness (QED) is 0.900. The lowest BCUT2D eigenvalue weighted by Gasteiger charge is -2.06.